The van der Waals surface area contributed by atoms with Crippen LogP contribution in [0, 0.1) is 6.92 Å². The molecule has 9 nitrogen and oxygen atoms in total. The number of fused-ring (bicyclic) bond motifs is 1. The molecule has 3 aromatic rings. The minimum atomic E-state index is -3.48. The Morgan fingerprint density at radius 2 is 1.71 bits per heavy atom. The molecule has 0 unspecified atom stereocenters. The van der Waals surface area contributed by atoms with Crippen molar-refractivity contribution in [1.82, 2.24) is 9.97 Å². The van der Waals surface area contributed by atoms with Crippen molar-refractivity contribution in [2.24, 2.45) is 0 Å². The lowest BCUT2D eigenvalue weighted by molar-refractivity contribution is 0.408. The van der Waals surface area contributed by atoms with Gasteiger partial charge in [0.2, 0.25) is 16.0 Å². The molecular formula is C31H42N6O3S. The van der Waals surface area contributed by atoms with Crippen molar-refractivity contribution in [2.45, 2.75) is 58.9 Å². The van der Waals surface area contributed by atoms with Gasteiger partial charge in [-0.1, -0.05) is 32.9 Å². The van der Waals surface area contributed by atoms with Gasteiger partial charge in [0.15, 0.2) is 5.82 Å². The number of nitrogens with one attached hydrogen (secondary N) is 1. The average molecular weight is 579 g/mol. The normalized spacial score (nSPS) is 17.0. The number of aromatic nitrogens is 2. The molecule has 1 fully saturated rings. The summed E-state index contributed by atoms with van der Waals surface area (Å²) in [6, 6.07) is 14.6. The van der Waals surface area contributed by atoms with E-state index in [9.17, 15) is 8.42 Å². The number of aryl methyl sites for hydroxylation is 1. The fourth-order valence-corrected chi connectivity index (χ4v) is 6.59. The molecule has 1 N–H and O–H groups in total. The van der Waals surface area contributed by atoms with Gasteiger partial charge in [-0.25, -0.2) is 8.42 Å². The minimum absolute atomic E-state index is 0.00879. The Morgan fingerprint density at radius 1 is 1.00 bits per heavy atom. The van der Waals surface area contributed by atoms with Crippen molar-refractivity contribution in [2.75, 3.05) is 59.0 Å². The number of ether oxygens (including phenoxy) is 1. The smallest absolute Gasteiger partial charge is 0.233 e. The SMILES string of the molecule is COc1ccc(N2CCN(c3nc(Nc4cc(C(C)(C)C)ccc4C)c4c(n3)N(S(C)(=O)=O)CC4)CC2(C)C)cc1. The molecule has 0 radical (unpaired) electrons. The number of anilines is 5. The zero-order valence-electron chi connectivity index (χ0n) is 25.4. The van der Waals surface area contributed by atoms with E-state index in [4.69, 9.17) is 14.7 Å². The molecule has 1 aromatic heterocycles. The van der Waals surface area contributed by atoms with Gasteiger partial charge in [0.1, 0.15) is 11.6 Å². The molecule has 10 heteroatoms. The van der Waals surface area contributed by atoms with Crippen LogP contribution in [0.2, 0.25) is 0 Å². The number of nitrogens with zero attached hydrogens (tertiary/aromatic N) is 5. The first-order valence-electron chi connectivity index (χ1n) is 14.1. The fourth-order valence-electron chi connectivity index (χ4n) is 5.70. The maximum absolute atomic E-state index is 12.7. The molecular weight excluding hydrogens is 536 g/mol. The lowest BCUT2D eigenvalue weighted by atomic mass is 9.86. The van der Waals surface area contributed by atoms with Crippen LogP contribution >= 0.6 is 0 Å². The largest absolute Gasteiger partial charge is 0.497 e. The summed E-state index contributed by atoms with van der Waals surface area (Å²) in [5.74, 6) is 2.50. The highest BCUT2D eigenvalue weighted by molar-refractivity contribution is 7.92. The predicted octanol–water partition coefficient (Wildman–Crippen LogP) is 5.26. The summed E-state index contributed by atoms with van der Waals surface area (Å²) in [4.78, 5) is 14.5. The third-order valence-corrected chi connectivity index (χ3v) is 9.26. The van der Waals surface area contributed by atoms with Crippen LogP contribution in [0.1, 0.15) is 51.3 Å². The Labute approximate surface area is 244 Å². The van der Waals surface area contributed by atoms with Gasteiger partial charge in [0.25, 0.3) is 0 Å². The summed E-state index contributed by atoms with van der Waals surface area (Å²) in [6.07, 6.45) is 1.80. The molecule has 41 heavy (non-hydrogen) atoms. The third-order valence-electron chi connectivity index (χ3n) is 8.10. The maximum atomic E-state index is 12.7. The first-order valence-corrected chi connectivity index (χ1v) is 16.0. The van der Waals surface area contributed by atoms with Crippen molar-refractivity contribution < 1.29 is 13.2 Å². The average Bonchev–Trinajstić information content (AvgIpc) is 3.34. The van der Waals surface area contributed by atoms with Crippen LogP contribution in [-0.4, -0.2) is 63.5 Å². The molecule has 0 amide bonds. The molecule has 220 valence electrons. The van der Waals surface area contributed by atoms with Crippen LogP contribution in [0.3, 0.4) is 0 Å². The van der Waals surface area contributed by atoms with Crippen LogP contribution in [0.5, 0.6) is 5.75 Å². The molecule has 2 aliphatic heterocycles. The molecule has 0 spiro atoms. The van der Waals surface area contributed by atoms with E-state index in [1.54, 1.807) is 7.11 Å². The molecule has 1 saturated heterocycles. The number of hydrogen-bond donors (Lipinski definition) is 1. The Hall–Kier alpha value is -3.53. The van der Waals surface area contributed by atoms with E-state index in [-0.39, 0.29) is 11.0 Å². The minimum Gasteiger partial charge on any atom is -0.497 e. The van der Waals surface area contributed by atoms with Crippen LogP contribution in [0.25, 0.3) is 0 Å². The lowest BCUT2D eigenvalue weighted by Crippen LogP contribution is -2.60. The van der Waals surface area contributed by atoms with Gasteiger partial charge in [-0.2, -0.15) is 9.97 Å². The number of hydrogen-bond acceptors (Lipinski definition) is 8. The van der Waals surface area contributed by atoms with Crippen molar-refractivity contribution in [3.63, 3.8) is 0 Å². The molecule has 3 heterocycles. The van der Waals surface area contributed by atoms with E-state index < -0.39 is 10.0 Å². The van der Waals surface area contributed by atoms with Gasteiger partial charge in [-0.3, -0.25) is 4.31 Å². The van der Waals surface area contributed by atoms with Crippen LogP contribution in [0.4, 0.5) is 29.0 Å². The lowest BCUT2D eigenvalue weighted by Gasteiger charge is -2.48. The van der Waals surface area contributed by atoms with E-state index in [0.717, 1.165) is 34.8 Å². The van der Waals surface area contributed by atoms with E-state index in [0.29, 0.717) is 43.6 Å². The number of rotatable bonds is 6. The summed E-state index contributed by atoms with van der Waals surface area (Å²) in [6.45, 7) is 15.6. The molecule has 5 rings (SSSR count). The van der Waals surface area contributed by atoms with Gasteiger partial charge in [-0.05, 0) is 74.1 Å². The third kappa shape index (κ3) is 5.80. The van der Waals surface area contributed by atoms with Gasteiger partial charge >= 0.3 is 0 Å². The molecule has 0 saturated carbocycles. The van der Waals surface area contributed by atoms with Crippen LogP contribution < -0.4 is 24.2 Å². The monoisotopic (exact) mass is 578 g/mol. The van der Waals surface area contributed by atoms with Gasteiger partial charge in [-0.15, -0.1) is 0 Å². The summed E-state index contributed by atoms with van der Waals surface area (Å²) >= 11 is 0. The number of sulfonamides is 1. The second kappa shape index (κ2) is 10.4. The van der Waals surface area contributed by atoms with Crippen molar-refractivity contribution in [3.8, 4) is 5.75 Å². The maximum Gasteiger partial charge on any atom is 0.233 e. The topological polar surface area (TPSA) is 90.9 Å². The second-order valence-corrected chi connectivity index (χ2v) is 14.7. The Bertz CT molecular complexity index is 1550. The van der Waals surface area contributed by atoms with Crippen molar-refractivity contribution >= 4 is 39.0 Å². The van der Waals surface area contributed by atoms with E-state index in [1.807, 2.05) is 12.1 Å². The second-order valence-electron chi connectivity index (χ2n) is 12.7. The van der Waals surface area contributed by atoms with Crippen LogP contribution in [-0.2, 0) is 21.9 Å². The Kier molecular flexibility index (Phi) is 7.34. The summed E-state index contributed by atoms with van der Waals surface area (Å²) in [5, 5.41) is 3.58. The first kappa shape index (κ1) is 29.0. The standard InChI is InChI=1S/C31H42N6O3S/c1-21-9-10-22(30(2,3)4)19-26(21)32-27-25-15-16-37(41(8,38)39)28(25)34-29(33-27)35-17-18-36(31(5,6)20-35)23-11-13-24(40-7)14-12-23/h9-14,19H,15-18,20H2,1-8H3,(H,32,33,34). The number of methoxy groups -OCH3 is 1. The van der Waals surface area contributed by atoms with Gasteiger partial charge < -0.3 is 19.9 Å². The summed E-state index contributed by atoms with van der Waals surface area (Å²) in [7, 11) is -1.81. The highest BCUT2D eigenvalue weighted by atomic mass is 32.2. The highest BCUT2D eigenvalue weighted by Gasteiger charge is 2.37. The van der Waals surface area contributed by atoms with E-state index in [1.165, 1.54) is 16.1 Å². The van der Waals surface area contributed by atoms with Crippen molar-refractivity contribution in [1.29, 1.82) is 0 Å². The predicted molar refractivity (Wildman–Crippen MR) is 168 cm³/mol. The zero-order valence-corrected chi connectivity index (χ0v) is 26.3. The number of benzene rings is 2. The molecule has 2 aliphatic rings. The molecule has 2 aromatic carbocycles. The van der Waals surface area contributed by atoms with Gasteiger partial charge in [0.05, 0.1) is 18.9 Å². The van der Waals surface area contributed by atoms with E-state index >= 15 is 0 Å². The van der Waals surface area contributed by atoms with Gasteiger partial charge in [0, 0.05) is 43.1 Å². The first-order chi connectivity index (χ1) is 19.2. The molecule has 0 atom stereocenters. The van der Waals surface area contributed by atoms with Crippen LogP contribution in [0.15, 0.2) is 42.5 Å². The Morgan fingerprint density at radius 3 is 2.32 bits per heavy atom. The number of piperazine rings is 1. The Balaban J connectivity index is 1.52. The quantitative estimate of drug-likeness (QED) is 0.424. The van der Waals surface area contributed by atoms with Crippen molar-refractivity contribution in [3.05, 3.63) is 59.2 Å². The van der Waals surface area contributed by atoms with E-state index in [2.05, 4.69) is 87.0 Å². The summed E-state index contributed by atoms with van der Waals surface area (Å²) < 4.78 is 32.2. The highest BCUT2D eigenvalue weighted by Crippen LogP contribution is 2.38. The fraction of sp³-hybridized carbons (Fsp3) is 0.484. The molecule has 0 bridgehead atoms. The zero-order chi connectivity index (χ0) is 29.7. The summed E-state index contributed by atoms with van der Waals surface area (Å²) in [5.41, 5.74) is 5.00. The molecule has 0 aliphatic carbocycles.